The molecule has 39 heavy (non-hydrogen) atoms. The highest BCUT2D eigenvalue weighted by Gasteiger charge is 2.22. The lowest BCUT2D eigenvalue weighted by Crippen LogP contribution is -2.47. The molecule has 0 unspecified atom stereocenters. The van der Waals surface area contributed by atoms with Crippen molar-refractivity contribution in [3.8, 4) is 11.5 Å². The van der Waals surface area contributed by atoms with Crippen molar-refractivity contribution in [2.45, 2.75) is 46.6 Å². The van der Waals surface area contributed by atoms with Crippen LogP contribution < -0.4 is 14.4 Å². The number of piperazine rings is 1. The van der Waals surface area contributed by atoms with Gasteiger partial charge in [0.1, 0.15) is 23.9 Å². The normalized spacial score (nSPS) is 16.0. The van der Waals surface area contributed by atoms with E-state index >= 15 is 0 Å². The summed E-state index contributed by atoms with van der Waals surface area (Å²) < 4.78 is 25.2. The summed E-state index contributed by atoms with van der Waals surface area (Å²) in [6.07, 6.45) is 3.18. The minimum Gasteiger partial charge on any atom is -0.496 e. The van der Waals surface area contributed by atoms with Crippen molar-refractivity contribution >= 4 is 11.3 Å². The quantitative estimate of drug-likeness (QED) is 0.294. The minimum absolute atomic E-state index is 0.178. The van der Waals surface area contributed by atoms with Crippen LogP contribution in [-0.2, 0) is 19.4 Å². The first-order valence-corrected chi connectivity index (χ1v) is 14.2. The monoisotopic (exact) mass is 528 g/mol. The number of hydrogen-bond donors (Lipinski definition) is 0. The first kappa shape index (κ1) is 27.3. The molecule has 1 aliphatic heterocycles. The average Bonchev–Trinajstić information content (AvgIpc) is 2.94. The summed E-state index contributed by atoms with van der Waals surface area (Å²) in [7, 11) is 1.73. The number of anilines is 1. The Morgan fingerprint density at radius 3 is 2.38 bits per heavy atom. The summed E-state index contributed by atoms with van der Waals surface area (Å²) in [6, 6.07) is 19.9. The van der Waals surface area contributed by atoms with E-state index in [2.05, 4.69) is 67.0 Å². The fraction of sp³-hybridized carbons (Fsp3) is 0.412. The fourth-order valence-electron chi connectivity index (χ4n) is 5.85. The lowest BCUT2D eigenvalue weighted by atomic mass is 9.86. The van der Waals surface area contributed by atoms with Crippen LogP contribution in [0.4, 0.5) is 10.1 Å². The molecule has 1 fully saturated rings. The molecule has 5 heteroatoms. The number of allylic oxidation sites excluding steroid dienone is 1. The molecule has 0 saturated carbocycles. The Hall–Kier alpha value is -3.31. The number of nitrogens with zero attached hydrogens (tertiary/aromatic N) is 2. The Kier molecular flexibility index (Phi) is 8.56. The number of hydrogen-bond acceptors (Lipinski definition) is 4. The first-order valence-electron chi connectivity index (χ1n) is 14.2. The van der Waals surface area contributed by atoms with Crippen LogP contribution in [-0.4, -0.2) is 44.7 Å². The van der Waals surface area contributed by atoms with Gasteiger partial charge in [-0.05, 0) is 96.8 Å². The molecule has 0 spiro atoms. The van der Waals surface area contributed by atoms with Gasteiger partial charge in [0.2, 0.25) is 0 Å². The van der Waals surface area contributed by atoms with E-state index in [1.54, 1.807) is 19.2 Å². The predicted octanol–water partition coefficient (Wildman–Crippen LogP) is 7.15. The Morgan fingerprint density at radius 2 is 1.67 bits per heavy atom. The van der Waals surface area contributed by atoms with Crippen molar-refractivity contribution in [1.29, 1.82) is 0 Å². The third-order valence-corrected chi connectivity index (χ3v) is 8.08. The van der Waals surface area contributed by atoms with Crippen LogP contribution in [0.25, 0.3) is 5.57 Å². The molecular formula is C34H41FN2O2. The van der Waals surface area contributed by atoms with E-state index in [1.807, 2.05) is 12.1 Å². The van der Waals surface area contributed by atoms with Gasteiger partial charge in [-0.3, -0.25) is 4.90 Å². The zero-order valence-corrected chi connectivity index (χ0v) is 23.8. The van der Waals surface area contributed by atoms with Gasteiger partial charge in [-0.15, -0.1) is 0 Å². The molecule has 1 aliphatic carbocycles. The van der Waals surface area contributed by atoms with Crippen LogP contribution >= 0.6 is 0 Å². The zero-order valence-electron chi connectivity index (χ0n) is 23.8. The number of fused-ring (bicyclic) bond motifs is 1. The second-order valence-corrected chi connectivity index (χ2v) is 11.3. The molecule has 0 N–H and O–H groups in total. The van der Waals surface area contributed by atoms with Crippen LogP contribution in [0.15, 0.2) is 66.2 Å². The van der Waals surface area contributed by atoms with Gasteiger partial charge in [0.15, 0.2) is 0 Å². The number of aryl methyl sites for hydroxylation is 1. The topological polar surface area (TPSA) is 24.9 Å². The van der Waals surface area contributed by atoms with E-state index in [-0.39, 0.29) is 5.82 Å². The molecule has 1 heterocycles. The van der Waals surface area contributed by atoms with Crippen LogP contribution in [0.1, 0.15) is 49.4 Å². The van der Waals surface area contributed by atoms with Gasteiger partial charge in [-0.25, -0.2) is 4.39 Å². The number of methoxy groups -OCH3 is 1. The van der Waals surface area contributed by atoms with Gasteiger partial charge >= 0.3 is 0 Å². The van der Waals surface area contributed by atoms with Gasteiger partial charge in [0.25, 0.3) is 0 Å². The van der Waals surface area contributed by atoms with Gasteiger partial charge in [0, 0.05) is 44.0 Å². The SMILES string of the molecule is COc1cc(CC(C)C)ccc1COc1ccc2c(c1)CCC(CN1CCN(c3ccc(F)cc3)CC1)=C2C. The molecule has 0 radical (unpaired) electrons. The highest BCUT2D eigenvalue weighted by molar-refractivity contribution is 5.72. The van der Waals surface area contributed by atoms with Gasteiger partial charge < -0.3 is 14.4 Å². The maximum Gasteiger partial charge on any atom is 0.125 e. The molecule has 3 aromatic rings. The summed E-state index contributed by atoms with van der Waals surface area (Å²) in [6.45, 7) is 12.2. The molecule has 206 valence electrons. The lowest BCUT2D eigenvalue weighted by Gasteiger charge is -2.37. The third kappa shape index (κ3) is 6.65. The number of benzene rings is 3. The standard InChI is InChI=1S/C34H41FN2O2/c1-24(2)19-26-5-6-29(34(20-26)38-4)23-39-32-13-14-33-25(3)28(8-7-27(33)21-32)22-36-15-17-37(18-16-36)31-11-9-30(35)10-12-31/h5-6,9-14,20-21,24H,7-8,15-19,22-23H2,1-4H3. The van der Waals surface area contributed by atoms with E-state index < -0.39 is 0 Å². The van der Waals surface area contributed by atoms with E-state index in [4.69, 9.17) is 9.47 Å². The van der Waals surface area contributed by atoms with Gasteiger partial charge in [0.05, 0.1) is 7.11 Å². The fourth-order valence-corrected chi connectivity index (χ4v) is 5.85. The Balaban J connectivity index is 1.19. The van der Waals surface area contributed by atoms with Gasteiger partial charge in [-0.2, -0.15) is 0 Å². The van der Waals surface area contributed by atoms with Crippen molar-refractivity contribution in [2.24, 2.45) is 5.92 Å². The average molecular weight is 529 g/mol. The highest BCUT2D eigenvalue weighted by Crippen LogP contribution is 2.34. The Bertz CT molecular complexity index is 1310. The molecule has 0 atom stereocenters. The van der Waals surface area contributed by atoms with Crippen molar-refractivity contribution in [3.63, 3.8) is 0 Å². The maximum atomic E-state index is 13.3. The van der Waals surface area contributed by atoms with Crippen LogP contribution in [0, 0.1) is 11.7 Å². The van der Waals surface area contributed by atoms with E-state index in [9.17, 15) is 4.39 Å². The smallest absolute Gasteiger partial charge is 0.125 e. The van der Waals surface area contributed by atoms with Gasteiger partial charge in [-0.1, -0.05) is 37.6 Å². The van der Waals surface area contributed by atoms with E-state index in [0.717, 1.165) is 74.7 Å². The van der Waals surface area contributed by atoms with Crippen molar-refractivity contribution < 1.29 is 13.9 Å². The van der Waals surface area contributed by atoms with E-state index in [1.165, 1.54) is 27.8 Å². The van der Waals surface area contributed by atoms with Crippen molar-refractivity contribution in [3.05, 3.63) is 94.3 Å². The molecule has 3 aromatic carbocycles. The predicted molar refractivity (Wildman–Crippen MR) is 158 cm³/mol. The lowest BCUT2D eigenvalue weighted by molar-refractivity contribution is 0.276. The van der Waals surface area contributed by atoms with Crippen molar-refractivity contribution in [2.75, 3.05) is 44.7 Å². The summed E-state index contributed by atoms with van der Waals surface area (Å²) in [5.41, 5.74) is 9.15. The second kappa shape index (κ2) is 12.3. The van der Waals surface area contributed by atoms with Crippen molar-refractivity contribution in [1.82, 2.24) is 4.90 Å². The molecule has 0 aromatic heterocycles. The molecule has 0 bridgehead atoms. The Morgan fingerprint density at radius 1 is 0.897 bits per heavy atom. The van der Waals surface area contributed by atoms with Crippen LogP contribution in [0.2, 0.25) is 0 Å². The molecule has 4 nitrogen and oxygen atoms in total. The molecule has 0 amide bonds. The molecule has 2 aliphatic rings. The second-order valence-electron chi connectivity index (χ2n) is 11.3. The summed E-state index contributed by atoms with van der Waals surface area (Å²) in [4.78, 5) is 4.91. The Labute approximate surface area is 233 Å². The summed E-state index contributed by atoms with van der Waals surface area (Å²) in [5.74, 6) is 2.25. The molecule has 1 saturated heterocycles. The number of rotatable bonds is 9. The van der Waals surface area contributed by atoms with Crippen LogP contribution in [0.3, 0.4) is 0 Å². The zero-order chi connectivity index (χ0) is 27.4. The highest BCUT2D eigenvalue weighted by atomic mass is 19.1. The van der Waals surface area contributed by atoms with Crippen LogP contribution in [0.5, 0.6) is 11.5 Å². The third-order valence-electron chi connectivity index (χ3n) is 8.08. The minimum atomic E-state index is -0.178. The summed E-state index contributed by atoms with van der Waals surface area (Å²) >= 11 is 0. The molecule has 5 rings (SSSR count). The summed E-state index contributed by atoms with van der Waals surface area (Å²) in [5, 5.41) is 0. The first-order chi connectivity index (χ1) is 18.9. The number of ether oxygens (including phenoxy) is 2. The molecular weight excluding hydrogens is 487 g/mol. The number of halogens is 1. The van der Waals surface area contributed by atoms with E-state index in [0.29, 0.717) is 12.5 Å². The maximum absolute atomic E-state index is 13.3. The largest absolute Gasteiger partial charge is 0.496 e.